The molecule has 2 N–H and O–H groups in total. The molecule has 0 fully saturated rings. The number of hydrogen-bond donors (Lipinski definition) is 2. The average Bonchev–Trinajstić information content (AvgIpc) is 3.25. The van der Waals surface area contributed by atoms with Crippen LogP contribution >= 0.6 is 23.4 Å². The third kappa shape index (κ3) is 5.01. The van der Waals surface area contributed by atoms with E-state index in [1.807, 2.05) is 50.2 Å². The van der Waals surface area contributed by atoms with E-state index < -0.39 is 6.04 Å². The van der Waals surface area contributed by atoms with Crippen molar-refractivity contribution in [2.75, 3.05) is 10.6 Å². The lowest BCUT2D eigenvalue weighted by Gasteiger charge is -2.28. The topological polar surface area (TPSA) is 71.8 Å². The molecule has 182 valence electrons. The van der Waals surface area contributed by atoms with Crippen molar-refractivity contribution >= 4 is 40.9 Å². The van der Waals surface area contributed by atoms with Crippen molar-refractivity contribution in [3.8, 4) is 0 Å². The highest BCUT2D eigenvalue weighted by Crippen LogP contribution is 2.37. The summed E-state index contributed by atoms with van der Waals surface area (Å²) in [5.41, 5.74) is 4.36. The van der Waals surface area contributed by atoms with Gasteiger partial charge in [0, 0.05) is 22.2 Å². The molecule has 3 aromatic carbocycles. The second-order valence-corrected chi connectivity index (χ2v) is 9.86. The monoisotopic (exact) mass is 519 g/mol. The van der Waals surface area contributed by atoms with Crippen LogP contribution in [0.4, 0.5) is 16.0 Å². The number of fused-ring (bicyclic) bond motifs is 1. The Morgan fingerprint density at radius 2 is 1.89 bits per heavy atom. The standard InChI is InChI=1S/C27H23ClFN5OS/c1-16-6-5-8-21(14-16)31-25(35)23-17(2)30-26-32-27(36-15-19-7-3-4-9-22(19)29)33-34(26)24(23)18-10-12-20(28)13-11-18/h3-14,24H,15H2,1-2H3,(H,31,35)(H,30,32,33). The maximum atomic E-state index is 14.1. The summed E-state index contributed by atoms with van der Waals surface area (Å²) in [6.07, 6.45) is 0. The molecule has 1 amide bonds. The molecule has 9 heteroatoms. The number of anilines is 2. The first-order valence-corrected chi connectivity index (χ1v) is 12.7. The van der Waals surface area contributed by atoms with Gasteiger partial charge in [0.05, 0.1) is 5.57 Å². The van der Waals surface area contributed by atoms with E-state index in [4.69, 9.17) is 16.7 Å². The summed E-state index contributed by atoms with van der Waals surface area (Å²) in [5.74, 6) is 0.385. The summed E-state index contributed by atoms with van der Waals surface area (Å²) in [4.78, 5) is 18.2. The number of thioether (sulfide) groups is 1. The van der Waals surface area contributed by atoms with Crippen LogP contribution in [0.15, 0.2) is 89.2 Å². The number of benzene rings is 3. The first kappa shape index (κ1) is 24.1. The number of amides is 1. The summed E-state index contributed by atoms with van der Waals surface area (Å²) >= 11 is 7.48. The van der Waals surface area contributed by atoms with Gasteiger partial charge in [0.1, 0.15) is 11.9 Å². The molecule has 2 heterocycles. The lowest BCUT2D eigenvalue weighted by Crippen LogP contribution is -2.31. The van der Waals surface area contributed by atoms with Crippen LogP contribution in [0.1, 0.15) is 29.7 Å². The van der Waals surface area contributed by atoms with Gasteiger partial charge in [-0.05, 0) is 60.9 Å². The number of aryl methyl sites for hydroxylation is 1. The fourth-order valence-electron chi connectivity index (χ4n) is 4.12. The summed E-state index contributed by atoms with van der Waals surface area (Å²) in [5, 5.41) is 12.0. The first-order chi connectivity index (χ1) is 17.4. The van der Waals surface area contributed by atoms with Gasteiger partial charge in [0.2, 0.25) is 11.1 Å². The van der Waals surface area contributed by atoms with E-state index >= 15 is 0 Å². The van der Waals surface area contributed by atoms with Crippen molar-refractivity contribution in [1.29, 1.82) is 0 Å². The highest BCUT2D eigenvalue weighted by molar-refractivity contribution is 7.98. The van der Waals surface area contributed by atoms with E-state index in [-0.39, 0.29) is 11.7 Å². The van der Waals surface area contributed by atoms with Crippen molar-refractivity contribution in [1.82, 2.24) is 14.8 Å². The molecule has 1 aliphatic rings. The number of carbonyl (C=O) groups excluding carboxylic acids is 1. The second-order valence-electron chi connectivity index (χ2n) is 8.48. The van der Waals surface area contributed by atoms with Crippen LogP contribution in [0.2, 0.25) is 5.02 Å². The minimum Gasteiger partial charge on any atom is -0.328 e. The van der Waals surface area contributed by atoms with Crippen LogP contribution in [-0.2, 0) is 10.5 Å². The number of allylic oxidation sites excluding steroid dienone is 1. The number of carbonyl (C=O) groups is 1. The summed E-state index contributed by atoms with van der Waals surface area (Å²) in [6, 6.07) is 21.1. The van der Waals surface area contributed by atoms with E-state index in [1.165, 1.54) is 17.8 Å². The third-order valence-electron chi connectivity index (χ3n) is 5.85. The quantitative estimate of drug-likeness (QED) is 0.281. The van der Waals surface area contributed by atoms with Gasteiger partial charge in [-0.3, -0.25) is 4.79 Å². The first-order valence-electron chi connectivity index (χ1n) is 11.3. The SMILES string of the molecule is CC1=C(C(=O)Nc2cccc(C)c2)C(c2ccc(Cl)cc2)n2nc(SCc3ccccc3F)nc2N1. The van der Waals surface area contributed by atoms with Crippen LogP contribution in [-0.4, -0.2) is 20.7 Å². The Hall–Kier alpha value is -3.62. The Balaban J connectivity index is 1.49. The molecule has 1 aromatic heterocycles. The molecule has 6 nitrogen and oxygen atoms in total. The fourth-order valence-corrected chi connectivity index (χ4v) is 5.06. The van der Waals surface area contributed by atoms with E-state index in [0.717, 1.165) is 11.1 Å². The summed E-state index contributed by atoms with van der Waals surface area (Å²) in [6.45, 7) is 3.82. The summed E-state index contributed by atoms with van der Waals surface area (Å²) in [7, 11) is 0. The minimum absolute atomic E-state index is 0.243. The average molecular weight is 520 g/mol. The molecule has 4 aromatic rings. The Kier molecular flexibility index (Phi) is 6.80. The predicted octanol–water partition coefficient (Wildman–Crippen LogP) is 6.60. The van der Waals surface area contributed by atoms with Gasteiger partial charge in [0.25, 0.3) is 5.91 Å². The molecule has 0 saturated carbocycles. The molecule has 0 radical (unpaired) electrons. The van der Waals surface area contributed by atoms with Crippen molar-refractivity contribution in [3.05, 3.63) is 112 Å². The molecule has 1 unspecified atom stereocenters. The van der Waals surface area contributed by atoms with Crippen LogP contribution < -0.4 is 10.6 Å². The van der Waals surface area contributed by atoms with Gasteiger partial charge in [-0.15, -0.1) is 5.10 Å². The van der Waals surface area contributed by atoms with Gasteiger partial charge in [-0.1, -0.05) is 65.8 Å². The molecule has 0 aliphatic carbocycles. The normalized spacial score (nSPS) is 14.8. The molecule has 0 spiro atoms. The van der Waals surface area contributed by atoms with Gasteiger partial charge in [-0.25, -0.2) is 9.07 Å². The van der Waals surface area contributed by atoms with Gasteiger partial charge in [0.15, 0.2) is 0 Å². The second kappa shape index (κ2) is 10.2. The fraction of sp³-hybridized carbons (Fsp3) is 0.148. The number of nitrogens with one attached hydrogen (secondary N) is 2. The molecule has 0 bridgehead atoms. The zero-order chi connectivity index (χ0) is 25.2. The van der Waals surface area contributed by atoms with Gasteiger partial charge in [-0.2, -0.15) is 4.98 Å². The van der Waals surface area contributed by atoms with Crippen LogP contribution in [0.5, 0.6) is 0 Å². The predicted molar refractivity (Wildman–Crippen MR) is 142 cm³/mol. The van der Waals surface area contributed by atoms with Crippen LogP contribution in [0.3, 0.4) is 0 Å². The third-order valence-corrected chi connectivity index (χ3v) is 6.99. The lowest BCUT2D eigenvalue weighted by atomic mass is 9.95. The van der Waals surface area contributed by atoms with Gasteiger partial charge >= 0.3 is 0 Å². The number of aromatic nitrogens is 3. The van der Waals surface area contributed by atoms with E-state index in [0.29, 0.717) is 44.4 Å². The number of halogens is 2. The van der Waals surface area contributed by atoms with Crippen LogP contribution in [0.25, 0.3) is 0 Å². The highest BCUT2D eigenvalue weighted by atomic mass is 35.5. The lowest BCUT2D eigenvalue weighted by molar-refractivity contribution is -0.113. The maximum absolute atomic E-state index is 14.1. The van der Waals surface area contributed by atoms with Crippen molar-refractivity contribution in [2.24, 2.45) is 0 Å². The molecular formula is C27H23ClFN5OS. The van der Waals surface area contributed by atoms with Crippen molar-refractivity contribution < 1.29 is 9.18 Å². The molecule has 0 saturated heterocycles. The molecule has 1 aliphatic heterocycles. The number of nitrogens with zero attached hydrogens (tertiary/aromatic N) is 3. The smallest absolute Gasteiger partial charge is 0.255 e. The minimum atomic E-state index is -0.529. The number of hydrogen-bond acceptors (Lipinski definition) is 5. The molecule has 5 rings (SSSR count). The molecule has 1 atom stereocenters. The van der Waals surface area contributed by atoms with E-state index in [1.54, 1.807) is 35.0 Å². The zero-order valence-electron chi connectivity index (χ0n) is 19.6. The summed E-state index contributed by atoms with van der Waals surface area (Å²) < 4.78 is 15.8. The van der Waals surface area contributed by atoms with Crippen molar-refractivity contribution in [2.45, 2.75) is 30.8 Å². The van der Waals surface area contributed by atoms with Crippen LogP contribution in [0, 0.1) is 12.7 Å². The molecular weight excluding hydrogens is 497 g/mol. The Morgan fingerprint density at radius 1 is 1.11 bits per heavy atom. The Morgan fingerprint density at radius 3 is 2.64 bits per heavy atom. The Bertz CT molecular complexity index is 1470. The molecule has 36 heavy (non-hydrogen) atoms. The van der Waals surface area contributed by atoms with E-state index in [2.05, 4.69) is 15.6 Å². The maximum Gasteiger partial charge on any atom is 0.255 e. The largest absolute Gasteiger partial charge is 0.328 e. The zero-order valence-corrected chi connectivity index (χ0v) is 21.2. The number of rotatable bonds is 6. The van der Waals surface area contributed by atoms with Crippen molar-refractivity contribution in [3.63, 3.8) is 0 Å². The Labute approximate surface area is 217 Å². The van der Waals surface area contributed by atoms with E-state index in [9.17, 15) is 9.18 Å². The highest BCUT2D eigenvalue weighted by Gasteiger charge is 2.34. The van der Waals surface area contributed by atoms with Gasteiger partial charge < -0.3 is 10.6 Å².